The minimum Gasteiger partial charge on any atom is -0.481 e. The van der Waals surface area contributed by atoms with Gasteiger partial charge in [0.1, 0.15) is 11.6 Å². The number of nitrogens with zero attached hydrogens (tertiary/aromatic N) is 1. The van der Waals surface area contributed by atoms with Crippen molar-refractivity contribution in [3.8, 4) is 5.75 Å². The van der Waals surface area contributed by atoms with E-state index in [1.165, 1.54) is 12.1 Å². The molecule has 0 aromatic heterocycles. The van der Waals surface area contributed by atoms with E-state index in [1.807, 2.05) is 24.3 Å². The number of piperidine rings is 1. The maximum Gasteiger partial charge on any atom is 0.260 e. The molecule has 0 saturated carbocycles. The van der Waals surface area contributed by atoms with Crippen LogP contribution in [0.1, 0.15) is 55.5 Å². The molecule has 1 N–H and O–H groups in total. The number of hydrogen-bond donors (Lipinski definition) is 1. The van der Waals surface area contributed by atoms with Gasteiger partial charge in [-0.25, -0.2) is 4.39 Å². The maximum atomic E-state index is 13.9. The van der Waals surface area contributed by atoms with Crippen LogP contribution in [0.15, 0.2) is 48.5 Å². The Morgan fingerprint density at radius 1 is 1.03 bits per heavy atom. The first-order chi connectivity index (χ1) is 14.4. The Morgan fingerprint density at radius 2 is 1.67 bits per heavy atom. The zero-order valence-corrected chi connectivity index (χ0v) is 17.7. The van der Waals surface area contributed by atoms with Crippen LogP contribution in [0.25, 0.3) is 0 Å². The van der Waals surface area contributed by atoms with Crippen LogP contribution in [0.3, 0.4) is 0 Å². The number of carbonyl (C=O) groups is 2. The number of rotatable bonds is 6. The number of ether oxygens (including phenoxy) is 1. The summed E-state index contributed by atoms with van der Waals surface area (Å²) in [5, 5.41) is 3.02. The van der Waals surface area contributed by atoms with E-state index in [2.05, 4.69) is 19.2 Å². The summed E-state index contributed by atoms with van der Waals surface area (Å²) < 4.78 is 19.8. The molecule has 1 unspecified atom stereocenters. The lowest BCUT2D eigenvalue weighted by Gasteiger charge is -2.33. The van der Waals surface area contributed by atoms with Gasteiger partial charge in [-0.15, -0.1) is 0 Å². The van der Waals surface area contributed by atoms with Crippen LogP contribution in [-0.2, 0) is 4.79 Å². The highest BCUT2D eigenvalue weighted by atomic mass is 19.1. The van der Waals surface area contributed by atoms with Gasteiger partial charge in [0.2, 0.25) is 0 Å². The molecule has 2 aromatic carbocycles. The number of benzene rings is 2. The molecule has 30 heavy (non-hydrogen) atoms. The Labute approximate surface area is 177 Å². The molecule has 1 heterocycles. The Kier molecular flexibility index (Phi) is 7.08. The van der Waals surface area contributed by atoms with Crippen molar-refractivity contribution in [3.05, 3.63) is 65.5 Å². The second-order valence-electron chi connectivity index (χ2n) is 8.01. The van der Waals surface area contributed by atoms with E-state index in [0.717, 1.165) is 11.3 Å². The number of carbonyl (C=O) groups excluding carboxylic acids is 2. The molecule has 6 heteroatoms. The Balaban J connectivity index is 1.52. The van der Waals surface area contributed by atoms with E-state index >= 15 is 0 Å². The van der Waals surface area contributed by atoms with E-state index < -0.39 is 11.9 Å². The van der Waals surface area contributed by atoms with Crippen molar-refractivity contribution < 1.29 is 18.7 Å². The molecular formula is C24H29FN2O3. The topological polar surface area (TPSA) is 58.6 Å². The molecule has 1 aliphatic heterocycles. The third-order valence-electron chi connectivity index (χ3n) is 5.45. The van der Waals surface area contributed by atoms with Gasteiger partial charge in [0.25, 0.3) is 11.8 Å². The van der Waals surface area contributed by atoms with Gasteiger partial charge < -0.3 is 15.0 Å². The van der Waals surface area contributed by atoms with Gasteiger partial charge in [0.15, 0.2) is 6.10 Å². The van der Waals surface area contributed by atoms with Gasteiger partial charge in [-0.1, -0.05) is 44.2 Å². The molecule has 1 saturated heterocycles. The lowest BCUT2D eigenvalue weighted by atomic mass is 10.0. The Bertz CT molecular complexity index is 892. The largest absolute Gasteiger partial charge is 0.481 e. The molecule has 2 amide bonds. The molecule has 0 spiro atoms. The first-order valence-electron chi connectivity index (χ1n) is 10.5. The standard InChI is InChI=1S/C24H29FN2O3/c1-16(2)19-8-5-7-11-22(19)30-17(3)23(28)26-18-12-14-27(15-13-18)24(29)20-9-4-6-10-21(20)25/h4-11,16-18H,12-15H2,1-3H3,(H,26,28). The highest BCUT2D eigenvalue weighted by Gasteiger charge is 2.27. The van der Waals surface area contributed by atoms with Crippen LogP contribution in [-0.4, -0.2) is 41.9 Å². The number of likely N-dealkylation sites (tertiary alicyclic amines) is 1. The highest BCUT2D eigenvalue weighted by molar-refractivity contribution is 5.94. The summed E-state index contributed by atoms with van der Waals surface area (Å²) in [4.78, 5) is 26.8. The predicted octanol–water partition coefficient (Wildman–Crippen LogP) is 4.14. The summed E-state index contributed by atoms with van der Waals surface area (Å²) in [5.74, 6) is 0.0334. The minimum absolute atomic E-state index is 0.0337. The lowest BCUT2D eigenvalue weighted by molar-refractivity contribution is -0.128. The van der Waals surface area contributed by atoms with E-state index in [9.17, 15) is 14.0 Å². The van der Waals surface area contributed by atoms with Crippen molar-refractivity contribution >= 4 is 11.8 Å². The van der Waals surface area contributed by atoms with Gasteiger partial charge in [-0.3, -0.25) is 9.59 Å². The van der Waals surface area contributed by atoms with Crippen molar-refractivity contribution in [2.75, 3.05) is 13.1 Å². The van der Waals surface area contributed by atoms with E-state index in [-0.39, 0.29) is 23.4 Å². The summed E-state index contributed by atoms with van der Waals surface area (Å²) in [6.07, 6.45) is 0.630. The zero-order valence-electron chi connectivity index (χ0n) is 17.7. The summed E-state index contributed by atoms with van der Waals surface area (Å²) >= 11 is 0. The van der Waals surface area contributed by atoms with Crippen molar-refractivity contribution in [1.82, 2.24) is 10.2 Å². The van der Waals surface area contributed by atoms with E-state index in [1.54, 1.807) is 24.0 Å². The average Bonchev–Trinajstić information content (AvgIpc) is 2.74. The van der Waals surface area contributed by atoms with Crippen molar-refractivity contribution in [2.45, 2.75) is 51.7 Å². The number of para-hydroxylation sites is 1. The molecule has 1 atom stereocenters. The molecule has 5 nitrogen and oxygen atoms in total. The Hall–Kier alpha value is -2.89. The van der Waals surface area contributed by atoms with Crippen LogP contribution < -0.4 is 10.1 Å². The second-order valence-corrected chi connectivity index (χ2v) is 8.01. The molecule has 0 bridgehead atoms. The normalized spacial score (nSPS) is 15.7. The number of nitrogens with one attached hydrogen (secondary N) is 1. The zero-order chi connectivity index (χ0) is 21.7. The second kappa shape index (κ2) is 9.74. The van der Waals surface area contributed by atoms with Gasteiger partial charge in [0, 0.05) is 19.1 Å². The van der Waals surface area contributed by atoms with E-state index in [0.29, 0.717) is 31.8 Å². The van der Waals surface area contributed by atoms with Crippen LogP contribution in [0.2, 0.25) is 0 Å². The summed E-state index contributed by atoms with van der Waals surface area (Å²) in [5.41, 5.74) is 1.16. The van der Waals surface area contributed by atoms with Gasteiger partial charge in [-0.2, -0.15) is 0 Å². The van der Waals surface area contributed by atoms with Gasteiger partial charge in [-0.05, 0) is 49.4 Å². The monoisotopic (exact) mass is 412 g/mol. The van der Waals surface area contributed by atoms with Crippen LogP contribution >= 0.6 is 0 Å². The fraction of sp³-hybridized carbons (Fsp3) is 0.417. The fourth-order valence-corrected chi connectivity index (χ4v) is 3.66. The third-order valence-corrected chi connectivity index (χ3v) is 5.45. The quantitative estimate of drug-likeness (QED) is 0.776. The van der Waals surface area contributed by atoms with Crippen LogP contribution in [0.5, 0.6) is 5.75 Å². The molecular weight excluding hydrogens is 383 g/mol. The smallest absolute Gasteiger partial charge is 0.260 e. The number of amides is 2. The summed E-state index contributed by atoms with van der Waals surface area (Å²) in [6.45, 7) is 6.86. The minimum atomic E-state index is -0.622. The van der Waals surface area contributed by atoms with Crippen LogP contribution in [0, 0.1) is 5.82 Å². The first-order valence-corrected chi connectivity index (χ1v) is 10.5. The molecule has 2 aromatic rings. The van der Waals surface area contributed by atoms with Crippen molar-refractivity contribution in [3.63, 3.8) is 0 Å². The summed E-state index contributed by atoms with van der Waals surface area (Å²) in [7, 11) is 0. The average molecular weight is 413 g/mol. The first kappa shape index (κ1) is 21.8. The van der Waals surface area contributed by atoms with Gasteiger partial charge in [0.05, 0.1) is 5.56 Å². The lowest BCUT2D eigenvalue weighted by Crippen LogP contribution is -2.49. The van der Waals surface area contributed by atoms with Gasteiger partial charge >= 0.3 is 0 Å². The Morgan fingerprint density at radius 3 is 2.33 bits per heavy atom. The van der Waals surface area contributed by atoms with Crippen molar-refractivity contribution in [1.29, 1.82) is 0 Å². The SMILES string of the molecule is CC(Oc1ccccc1C(C)C)C(=O)NC1CCN(C(=O)c2ccccc2F)CC1. The fourth-order valence-electron chi connectivity index (χ4n) is 3.66. The maximum absolute atomic E-state index is 13.9. The molecule has 0 aliphatic carbocycles. The number of hydrogen-bond acceptors (Lipinski definition) is 3. The molecule has 160 valence electrons. The number of halogens is 1. The van der Waals surface area contributed by atoms with Crippen molar-refractivity contribution in [2.24, 2.45) is 0 Å². The highest BCUT2D eigenvalue weighted by Crippen LogP contribution is 2.26. The third kappa shape index (κ3) is 5.17. The predicted molar refractivity (Wildman–Crippen MR) is 114 cm³/mol. The molecule has 3 rings (SSSR count). The van der Waals surface area contributed by atoms with E-state index in [4.69, 9.17) is 4.74 Å². The van der Waals surface area contributed by atoms with Crippen LogP contribution in [0.4, 0.5) is 4.39 Å². The molecule has 1 fully saturated rings. The molecule has 1 aliphatic rings. The summed E-state index contributed by atoms with van der Waals surface area (Å²) in [6, 6.07) is 13.7. The molecule has 0 radical (unpaired) electrons.